The van der Waals surface area contributed by atoms with E-state index in [0.717, 1.165) is 23.4 Å². The molecule has 104 valence electrons. The summed E-state index contributed by atoms with van der Waals surface area (Å²) in [7, 11) is 0. The lowest BCUT2D eigenvalue weighted by Crippen LogP contribution is -2.12. The average molecular weight is 281 g/mol. The normalized spacial score (nSPS) is 20.0. The highest BCUT2D eigenvalue weighted by molar-refractivity contribution is 7.99. The van der Waals surface area contributed by atoms with Gasteiger partial charge in [-0.15, -0.1) is 10.2 Å². The maximum atomic E-state index is 10.7. The van der Waals surface area contributed by atoms with Gasteiger partial charge in [0.15, 0.2) is 5.16 Å². The van der Waals surface area contributed by atoms with Crippen molar-refractivity contribution < 1.29 is 9.90 Å². The summed E-state index contributed by atoms with van der Waals surface area (Å²) < 4.78 is 2.20. The number of hydrogen-bond donors (Lipinski definition) is 1. The van der Waals surface area contributed by atoms with Crippen LogP contribution in [-0.2, 0) is 11.3 Å². The van der Waals surface area contributed by atoms with Crippen LogP contribution in [0.2, 0.25) is 0 Å². The van der Waals surface area contributed by atoms with Gasteiger partial charge in [0.2, 0.25) is 0 Å². The second-order valence-electron chi connectivity index (χ2n) is 5.56. The Balaban J connectivity index is 1.75. The molecular formula is C13H19N3O2S. The SMILES string of the molecule is O=C(O)CSc1nnc(C2CC2)n1CC1CCCC1. The van der Waals surface area contributed by atoms with Crippen LogP contribution in [0.4, 0.5) is 0 Å². The van der Waals surface area contributed by atoms with Gasteiger partial charge in [0.05, 0.1) is 5.75 Å². The molecule has 19 heavy (non-hydrogen) atoms. The molecule has 0 bridgehead atoms. The van der Waals surface area contributed by atoms with Gasteiger partial charge < -0.3 is 9.67 Å². The van der Waals surface area contributed by atoms with Crippen LogP contribution in [0.1, 0.15) is 50.3 Å². The predicted molar refractivity (Wildman–Crippen MR) is 72.3 cm³/mol. The van der Waals surface area contributed by atoms with Crippen molar-refractivity contribution in [3.05, 3.63) is 5.82 Å². The van der Waals surface area contributed by atoms with Crippen molar-refractivity contribution in [1.82, 2.24) is 14.8 Å². The Morgan fingerprint density at radius 3 is 2.63 bits per heavy atom. The van der Waals surface area contributed by atoms with Crippen molar-refractivity contribution in [2.75, 3.05) is 5.75 Å². The molecule has 0 atom stereocenters. The van der Waals surface area contributed by atoms with Crippen LogP contribution in [0.15, 0.2) is 5.16 Å². The summed E-state index contributed by atoms with van der Waals surface area (Å²) in [6, 6.07) is 0. The van der Waals surface area contributed by atoms with Gasteiger partial charge in [0.1, 0.15) is 5.82 Å². The van der Waals surface area contributed by atoms with Crippen molar-refractivity contribution in [1.29, 1.82) is 0 Å². The largest absolute Gasteiger partial charge is 0.481 e. The van der Waals surface area contributed by atoms with Crippen molar-refractivity contribution in [3.63, 3.8) is 0 Å². The number of thioether (sulfide) groups is 1. The standard InChI is InChI=1S/C13H19N3O2S/c17-11(18)8-19-13-15-14-12(10-5-6-10)16(13)7-9-3-1-2-4-9/h9-10H,1-8H2,(H,17,18). The molecule has 6 heteroatoms. The zero-order valence-electron chi connectivity index (χ0n) is 10.9. The Morgan fingerprint density at radius 2 is 2.00 bits per heavy atom. The predicted octanol–water partition coefficient (Wildman–Crippen LogP) is 2.52. The molecule has 3 rings (SSSR count). The van der Waals surface area contributed by atoms with Gasteiger partial charge in [0, 0.05) is 12.5 Å². The van der Waals surface area contributed by atoms with E-state index in [1.807, 2.05) is 0 Å². The van der Waals surface area contributed by atoms with Crippen molar-refractivity contribution in [2.24, 2.45) is 5.92 Å². The number of aliphatic carboxylic acids is 1. The maximum absolute atomic E-state index is 10.7. The molecule has 0 aliphatic heterocycles. The number of rotatable bonds is 6. The number of carboxylic acid groups (broad SMARTS) is 1. The fraction of sp³-hybridized carbons (Fsp3) is 0.769. The second-order valence-corrected chi connectivity index (χ2v) is 6.50. The fourth-order valence-corrected chi connectivity index (χ4v) is 3.47. The Morgan fingerprint density at radius 1 is 1.26 bits per heavy atom. The Bertz CT molecular complexity index is 464. The Labute approximate surface area is 116 Å². The van der Waals surface area contributed by atoms with Crippen molar-refractivity contribution >= 4 is 17.7 Å². The van der Waals surface area contributed by atoms with Gasteiger partial charge in [-0.1, -0.05) is 24.6 Å². The lowest BCUT2D eigenvalue weighted by atomic mass is 10.1. The summed E-state index contributed by atoms with van der Waals surface area (Å²) in [4.78, 5) is 10.7. The minimum atomic E-state index is -0.798. The highest BCUT2D eigenvalue weighted by atomic mass is 32.2. The minimum Gasteiger partial charge on any atom is -0.481 e. The molecule has 0 unspecified atom stereocenters. The highest BCUT2D eigenvalue weighted by Gasteiger charge is 2.31. The van der Waals surface area contributed by atoms with Gasteiger partial charge in [-0.05, 0) is 31.6 Å². The third-order valence-corrected chi connectivity index (χ3v) is 4.88. The molecule has 1 N–H and O–H groups in total. The lowest BCUT2D eigenvalue weighted by Gasteiger charge is -2.14. The maximum Gasteiger partial charge on any atom is 0.313 e. The monoisotopic (exact) mass is 281 g/mol. The molecule has 0 amide bonds. The molecule has 1 aromatic rings. The third-order valence-electron chi connectivity index (χ3n) is 3.93. The topological polar surface area (TPSA) is 68.0 Å². The fourth-order valence-electron chi connectivity index (χ4n) is 2.80. The van der Waals surface area contributed by atoms with Crippen LogP contribution in [0, 0.1) is 5.92 Å². The first-order valence-electron chi connectivity index (χ1n) is 7.01. The van der Waals surface area contributed by atoms with E-state index in [9.17, 15) is 4.79 Å². The third kappa shape index (κ3) is 3.11. The molecule has 0 saturated heterocycles. The minimum absolute atomic E-state index is 0.0630. The van der Waals surface area contributed by atoms with Crippen molar-refractivity contribution in [3.8, 4) is 0 Å². The first-order valence-corrected chi connectivity index (χ1v) is 8.00. The van der Waals surface area contributed by atoms with Gasteiger partial charge in [0.25, 0.3) is 0 Å². The van der Waals surface area contributed by atoms with Crippen LogP contribution in [0.5, 0.6) is 0 Å². The van der Waals surface area contributed by atoms with Crippen LogP contribution in [0.3, 0.4) is 0 Å². The van der Waals surface area contributed by atoms with Crippen LogP contribution in [-0.4, -0.2) is 31.6 Å². The van der Waals surface area contributed by atoms with E-state index < -0.39 is 5.97 Å². The highest BCUT2D eigenvalue weighted by Crippen LogP contribution is 2.41. The molecule has 2 fully saturated rings. The molecule has 2 saturated carbocycles. The van der Waals surface area contributed by atoms with Gasteiger partial charge >= 0.3 is 5.97 Å². The molecule has 2 aliphatic rings. The first kappa shape index (κ1) is 13.0. The summed E-state index contributed by atoms with van der Waals surface area (Å²) >= 11 is 1.29. The van der Waals surface area contributed by atoms with E-state index >= 15 is 0 Å². The van der Waals surface area contributed by atoms with E-state index in [-0.39, 0.29) is 5.75 Å². The summed E-state index contributed by atoms with van der Waals surface area (Å²) in [6.07, 6.45) is 7.61. The Kier molecular flexibility index (Phi) is 3.77. The summed E-state index contributed by atoms with van der Waals surface area (Å²) in [5.74, 6) is 1.63. The second kappa shape index (κ2) is 5.53. The molecule has 1 heterocycles. The molecular weight excluding hydrogens is 262 g/mol. The van der Waals surface area contributed by atoms with Crippen LogP contribution in [0.25, 0.3) is 0 Å². The van der Waals surface area contributed by atoms with Crippen molar-refractivity contribution in [2.45, 2.75) is 56.1 Å². The lowest BCUT2D eigenvalue weighted by molar-refractivity contribution is -0.133. The Hall–Kier alpha value is -1.04. The van der Waals surface area contributed by atoms with E-state index in [1.54, 1.807) is 0 Å². The van der Waals surface area contributed by atoms with Gasteiger partial charge in [-0.2, -0.15) is 0 Å². The molecule has 0 radical (unpaired) electrons. The van der Waals surface area contributed by atoms with Gasteiger partial charge in [-0.25, -0.2) is 0 Å². The summed E-state index contributed by atoms with van der Waals surface area (Å²) in [6.45, 7) is 0.973. The average Bonchev–Trinajstić information content (AvgIpc) is 2.95. The van der Waals surface area contributed by atoms with Crippen LogP contribution >= 0.6 is 11.8 Å². The summed E-state index contributed by atoms with van der Waals surface area (Å²) in [5.41, 5.74) is 0. The van der Waals surface area contributed by atoms with E-state index in [4.69, 9.17) is 5.11 Å². The molecule has 2 aliphatic carbocycles. The number of aromatic nitrogens is 3. The molecule has 0 spiro atoms. The number of hydrogen-bond acceptors (Lipinski definition) is 4. The molecule has 1 aromatic heterocycles. The van der Waals surface area contributed by atoms with Crippen LogP contribution < -0.4 is 0 Å². The zero-order valence-corrected chi connectivity index (χ0v) is 11.7. The smallest absolute Gasteiger partial charge is 0.313 e. The summed E-state index contributed by atoms with van der Waals surface area (Å²) in [5, 5.41) is 18.1. The van der Waals surface area contributed by atoms with E-state index in [1.165, 1.54) is 50.3 Å². The molecule has 0 aromatic carbocycles. The number of carboxylic acids is 1. The number of nitrogens with zero attached hydrogens (tertiary/aromatic N) is 3. The molecule has 5 nitrogen and oxygen atoms in total. The van der Waals surface area contributed by atoms with E-state index in [2.05, 4.69) is 14.8 Å². The quantitative estimate of drug-likeness (QED) is 0.811. The van der Waals surface area contributed by atoms with E-state index in [0.29, 0.717) is 5.92 Å². The zero-order chi connectivity index (χ0) is 13.2. The first-order chi connectivity index (χ1) is 9.24. The number of carbonyl (C=O) groups is 1. The van der Waals surface area contributed by atoms with Gasteiger partial charge in [-0.3, -0.25) is 4.79 Å².